The first kappa shape index (κ1) is 17.0. The molecule has 0 saturated heterocycles. The Morgan fingerprint density at radius 2 is 1.91 bits per heavy atom. The molecular weight excluding hydrogens is 340 g/mol. The molecule has 22 heavy (non-hydrogen) atoms. The van der Waals surface area contributed by atoms with E-state index >= 15 is 0 Å². The standard InChI is InChI=1S/C18H23BrN2O/c1-3-18(22-16-10-11-17(19)20-14-16)21(4-2)13-12-15-8-6-5-7-9-15/h5-11,14,18H,3-4,12-13H2,1-2H3. The molecule has 0 saturated carbocycles. The molecule has 1 unspecified atom stereocenters. The highest BCUT2D eigenvalue weighted by Gasteiger charge is 2.16. The third kappa shape index (κ3) is 5.11. The predicted octanol–water partition coefficient (Wildman–Crippen LogP) is 4.52. The minimum Gasteiger partial charge on any atom is -0.474 e. The Morgan fingerprint density at radius 1 is 1.14 bits per heavy atom. The number of pyridine rings is 1. The van der Waals surface area contributed by atoms with Crippen LogP contribution in [-0.4, -0.2) is 29.2 Å². The number of ether oxygens (including phenoxy) is 1. The maximum absolute atomic E-state index is 6.10. The van der Waals surface area contributed by atoms with Gasteiger partial charge in [-0.1, -0.05) is 44.2 Å². The molecule has 0 spiro atoms. The number of hydrogen-bond acceptors (Lipinski definition) is 3. The maximum atomic E-state index is 6.10. The smallest absolute Gasteiger partial charge is 0.152 e. The maximum Gasteiger partial charge on any atom is 0.152 e. The zero-order valence-corrected chi connectivity index (χ0v) is 14.8. The number of aromatic nitrogens is 1. The second-order valence-electron chi connectivity index (χ2n) is 5.16. The lowest BCUT2D eigenvalue weighted by atomic mass is 10.1. The normalized spacial score (nSPS) is 12.4. The number of halogens is 1. The highest BCUT2D eigenvalue weighted by molar-refractivity contribution is 9.10. The van der Waals surface area contributed by atoms with Crippen LogP contribution in [0.25, 0.3) is 0 Å². The van der Waals surface area contributed by atoms with E-state index in [1.807, 2.05) is 12.1 Å². The lowest BCUT2D eigenvalue weighted by Gasteiger charge is -2.30. The van der Waals surface area contributed by atoms with Gasteiger partial charge in [0, 0.05) is 6.54 Å². The summed E-state index contributed by atoms with van der Waals surface area (Å²) in [6, 6.07) is 14.4. The molecule has 0 fully saturated rings. The van der Waals surface area contributed by atoms with Gasteiger partial charge in [-0.2, -0.15) is 0 Å². The molecular formula is C18H23BrN2O. The summed E-state index contributed by atoms with van der Waals surface area (Å²) in [5.41, 5.74) is 1.36. The molecule has 2 aromatic rings. The molecule has 0 aliphatic carbocycles. The van der Waals surface area contributed by atoms with Crippen LogP contribution in [0.15, 0.2) is 53.3 Å². The molecule has 0 N–H and O–H groups in total. The molecule has 2 rings (SSSR count). The summed E-state index contributed by atoms with van der Waals surface area (Å²) in [4.78, 5) is 6.59. The van der Waals surface area contributed by atoms with E-state index in [9.17, 15) is 0 Å². The van der Waals surface area contributed by atoms with Crippen molar-refractivity contribution >= 4 is 15.9 Å². The molecule has 3 nitrogen and oxygen atoms in total. The fourth-order valence-electron chi connectivity index (χ4n) is 2.43. The van der Waals surface area contributed by atoms with Gasteiger partial charge >= 0.3 is 0 Å². The van der Waals surface area contributed by atoms with Crippen molar-refractivity contribution in [3.63, 3.8) is 0 Å². The molecule has 1 heterocycles. The van der Waals surface area contributed by atoms with Gasteiger partial charge in [-0.05, 0) is 53.0 Å². The van der Waals surface area contributed by atoms with Gasteiger partial charge in [-0.25, -0.2) is 4.98 Å². The lowest BCUT2D eigenvalue weighted by molar-refractivity contribution is 0.0264. The minimum absolute atomic E-state index is 0.0803. The van der Waals surface area contributed by atoms with Crippen molar-refractivity contribution in [1.29, 1.82) is 0 Å². The molecule has 118 valence electrons. The lowest BCUT2D eigenvalue weighted by Crippen LogP contribution is -2.40. The van der Waals surface area contributed by atoms with Crippen molar-refractivity contribution < 1.29 is 4.74 Å². The van der Waals surface area contributed by atoms with Crippen LogP contribution in [0.3, 0.4) is 0 Å². The van der Waals surface area contributed by atoms with Gasteiger partial charge in [0.2, 0.25) is 0 Å². The monoisotopic (exact) mass is 362 g/mol. The van der Waals surface area contributed by atoms with Crippen LogP contribution in [0.1, 0.15) is 25.8 Å². The molecule has 0 aliphatic rings. The fraction of sp³-hybridized carbons (Fsp3) is 0.389. The summed E-state index contributed by atoms with van der Waals surface area (Å²) in [5.74, 6) is 0.813. The van der Waals surface area contributed by atoms with E-state index in [0.29, 0.717) is 0 Å². The van der Waals surface area contributed by atoms with E-state index in [1.54, 1.807) is 6.20 Å². The first-order valence-electron chi connectivity index (χ1n) is 7.79. The van der Waals surface area contributed by atoms with Crippen LogP contribution in [0.4, 0.5) is 0 Å². The first-order valence-corrected chi connectivity index (χ1v) is 8.58. The number of rotatable bonds is 8. The first-order chi connectivity index (χ1) is 10.7. The number of benzene rings is 1. The van der Waals surface area contributed by atoms with Crippen LogP contribution >= 0.6 is 15.9 Å². The number of likely N-dealkylation sites (N-methyl/N-ethyl adjacent to an activating group) is 1. The third-order valence-corrected chi connectivity index (χ3v) is 4.13. The van der Waals surface area contributed by atoms with E-state index in [1.165, 1.54) is 5.56 Å². The summed E-state index contributed by atoms with van der Waals surface area (Å²) in [7, 11) is 0. The molecule has 1 aromatic carbocycles. The largest absolute Gasteiger partial charge is 0.474 e. The SMILES string of the molecule is CCC(Oc1ccc(Br)nc1)N(CC)CCc1ccccc1. The Bertz CT molecular complexity index is 545. The van der Waals surface area contributed by atoms with Crippen molar-refractivity contribution in [1.82, 2.24) is 9.88 Å². The summed E-state index contributed by atoms with van der Waals surface area (Å²) < 4.78 is 6.93. The zero-order chi connectivity index (χ0) is 15.8. The van der Waals surface area contributed by atoms with Crippen molar-refractivity contribution in [3.05, 3.63) is 58.8 Å². The van der Waals surface area contributed by atoms with Crippen LogP contribution in [0.5, 0.6) is 5.75 Å². The van der Waals surface area contributed by atoms with E-state index in [0.717, 1.165) is 36.3 Å². The van der Waals surface area contributed by atoms with Crippen LogP contribution in [0, 0.1) is 0 Å². The second-order valence-corrected chi connectivity index (χ2v) is 5.97. The Balaban J connectivity index is 1.95. The van der Waals surface area contributed by atoms with Gasteiger partial charge in [-0.15, -0.1) is 0 Å². The van der Waals surface area contributed by atoms with Crippen molar-refractivity contribution in [3.8, 4) is 5.75 Å². The highest BCUT2D eigenvalue weighted by atomic mass is 79.9. The van der Waals surface area contributed by atoms with E-state index < -0.39 is 0 Å². The van der Waals surface area contributed by atoms with Gasteiger partial charge in [0.15, 0.2) is 6.23 Å². The van der Waals surface area contributed by atoms with Gasteiger partial charge in [0.05, 0.1) is 6.20 Å². The van der Waals surface area contributed by atoms with E-state index in [4.69, 9.17) is 4.74 Å². The fourth-order valence-corrected chi connectivity index (χ4v) is 2.66. The molecule has 0 amide bonds. The van der Waals surface area contributed by atoms with Gasteiger partial charge in [0.1, 0.15) is 10.4 Å². The minimum atomic E-state index is 0.0803. The van der Waals surface area contributed by atoms with Crippen LogP contribution in [-0.2, 0) is 6.42 Å². The summed E-state index contributed by atoms with van der Waals surface area (Å²) in [5, 5.41) is 0. The van der Waals surface area contributed by atoms with Gasteiger partial charge in [0.25, 0.3) is 0 Å². The Morgan fingerprint density at radius 3 is 2.50 bits per heavy atom. The number of nitrogens with zero attached hydrogens (tertiary/aromatic N) is 2. The summed E-state index contributed by atoms with van der Waals surface area (Å²) in [6.45, 7) is 6.29. The average Bonchev–Trinajstić information content (AvgIpc) is 2.57. The van der Waals surface area contributed by atoms with Crippen molar-refractivity contribution in [2.75, 3.05) is 13.1 Å². The molecule has 4 heteroatoms. The Hall–Kier alpha value is -1.39. The third-order valence-electron chi connectivity index (χ3n) is 3.67. The van der Waals surface area contributed by atoms with Crippen LogP contribution in [0.2, 0.25) is 0 Å². The molecule has 0 bridgehead atoms. The van der Waals surface area contributed by atoms with Crippen molar-refractivity contribution in [2.24, 2.45) is 0 Å². The highest BCUT2D eigenvalue weighted by Crippen LogP contribution is 2.17. The van der Waals surface area contributed by atoms with E-state index in [-0.39, 0.29) is 6.23 Å². The topological polar surface area (TPSA) is 25.4 Å². The zero-order valence-electron chi connectivity index (χ0n) is 13.2. The summed E-state index contributed by atoms with van der Waals surface area (Å²) in [6.07, 6.45) is 3.82. The molecule has 1 atom stereocenters. The second kappa shape index (κ2) is 8.91. The molecule has 0 aliphatic heterocycles. The molecule has 0 radical (unpaired) electrons. The quantitative estimate of drug-likeness (QED) is 0.509. The summed E-state index contributed by atoms with van der Waals surface area (Å²) >= 11 is 3.34. The number of hydrogen-bond donors (Lipinski definition) is 0. The van der Waals surface area contributed by atoms with E-state index in [2.05, 4.69) is 70.0 Å². The van der Waals surface area contributed by atoms with Gasteiger partial charge in [-0.3, -0.25) is 4.90 Å². The Kier molecular flexibility index (Phi) is 6.87. The average molecular weight is 363 g/mol. The van der Waals surface area contributed by atoms with Gasteiger partial charge < -0.3 is 4.74 Å². The van der Waals surface area contributed by atoms with Crippen molar-refractivity contribution in [2.45, 2.75) is 32.9 Å². The predicted molar refractivity (Wildman–Crippen MR) is 94.0 cm³/mol. The Labute approximate surface area is 141 Å². The van der Waals surface area contributed by atoms with Crippen LogP contribution < -0.4 is 4.74 Å². The molecule has 1 aromatic heterocycles.